The lowest BCUT2D eigenvalue weighted by Crippen LogP contribution is -2.07. The molecule has 0 bridgehead atoms. The molecule has 0 spiro atoms. The van der Waals surface area contributed by atoms with Crippen molar-refractivity contribution in [2.45, 2.75) is 19.8 Å². The largest absolute Gasteiger partial charge is 0.290 e. The highest BCUT2D eigenvalue weighted by Gasteiger charge is 2.31. The molecule has 0 aromatic carbocycles. The maximum atomic E-state index is 11.4. The summed E-state index contributed by atoms with van der Waals surface area (Å²) in [7, 11) is 0. The first-order chi connectivity index (χ1) is 5.77. The summed E-state index contributed by atoms with van der Waals surface area (Å²) in [5.74, 6) is 0.711. The van der Waals surface area contributed by atoms with Gasteiger partial charge in [-0.15, -0.1) is 0 Å². The SMILES string of the molecule is Cc1ccnc(C(=O)C2CC2)n1. The molecule has 1 aromatic rings. The minimum atomic E-state index is 0.110. The summed E-state index contributed by atoms with van der Waals surface area (Å²) < 4.78 is 0. The van der Waals surface area contributed by atoms with E-state index in [1.807, 2.05) is 6.92 Å². The Morgan fingerprint density at radius 3 is 2.92 bits per heavy atom. The van der Waals surface area contributed by atoms with Gasteiger partial charge in [0.1, 0.15) is 0 Å². The number of Topliss-reactive ketones (excluding diaryl/α,β-unsaturated/α-hetero) is 1. The van der Waals surface area contributed by atoms with Gasteiger partial charge < -0.3 is 0 Å². The molecule has 0 unspecified atom stereocenters. The standard InChI is InChI=1S/C9H10N2O/c1-6-4-5-10-9(11-6)8(12)7-2-3-7/h4-5,7H,2-3H2,1H3. The second-order valence-electron chi connectivity index (χ2n) is 3.16. The van der Waals surface area contributed by atoms with E-state index < -0.39 is 0 Å². The topological polar surface area (TPSA) is 42.9 Å². The van der Waals surface area contributed by atoms with Gasteiger partial charge in [-0.05, 0) is 25.8 Å². The van der Waals surface area contributed by atoms with Crippen molar-refractivity contribution in [1.82, 2.24) is 9.97 Å². The molecule has 1 aliphatic rings. The van der Waals surface area contributed by atoms with Crippen LogP contribution in [0, 0.1) is 12.8 Å². The zero-order chi connectivity index (χ0) is 8.55. The van der Waals surface area contributed by atoms with Crippen LogP contribution in [0.5, 0.6) is 0 Å². The van der Waals surface area contributed by atoms with Gasteiger partial charge in [-0.1, -0.05) is 0 Å². The third kappa shape index (κ3) is 1.35. The van der Waals surface area contributed by atoms with Gasteiger partial charge >= 0.3 is 0 Å². The van der Waals surface area contributed by atoms with Gasteiger partial charge in [0, 0.05) is 17.8 Å². The Morgan fingerprint density at radius 2 is 2.33 bits per heavy atom. The lowest BCUT2D eigenvalue weighted by molar-refractivity contribution is 0.0957. The van der Waals surface area contributed by atoms with Gasteiger partial charge in [-0.2, -0.15) is 0 Å². The highest BCUT2D eigenvalue weighted by molar-refractivity contribution is 5.95. The van der Waals surface area contributed by atoms with Crippen LogP contribution in [0.4, 0.5) is 0 Å². The summed E-state index contributed by atoms with van der Waals surface area (Å²) in [5.41, 5.74) is 0.856. The molecule has 1 aromatic heterocycles. The van der Waals surface area contributed by atoms with Gasteiger partial charge in [0.05, 0.1) is 0 Å². The molecule has 1 fully saturated rings. The average molecular weight is 162 g/mol. The van der Waals surface area contributed by atoms with Crippen molar-refractivity contribution in [3.8, 4) is 0 Å². The smallest absolute Gasteiger partial charge is 0.203 e. The molecular weight excluding hydrogens is 152 g/mol. The van der Waals surface area contributed by atoms with Crippen molar-refractivity contribution in [3.63, 3.8) is 0 Å². The second-order valence-corrected chi connectivity index (χ2v) is 3.16. The number of hydrogen-bond donors (Lipinski definition) is 0. The van der Waals surface area contributed by atoms with Crippen molar-refractivity contribution in [3.05, 3.63) is 23.8 Å². The Bertz CT molecular complexity index is 318. The van der Waals surface area contributed by atoms with Crippen molar-refractivity contribution in [2.75, 3.05) is 0 Å². The maximum Gasteiger partial charge on any atom is 0.203 e. The molecule has 0 amide bonds. The van der Waals surface area contributed by atoms with E-state index in [0.29, 0.717) is 5.82 Å². The summed E-state index contributed by atoms with van der Waals surface area (Å²) in [4.78, 5) is 19.4. The summed E-state index contributed by atoms with van der Waals surface area (Å²) in [5, 5.41) is 0. The minimum Gasteiger partial charge on any atom is -0.290 e. The van der Waals surface area contributed by atoms with E-state index in [-0.39, 0.29) is 11.7 Å². The molecule has 0 aliphatic heterocycles. The number of carbonyl (C=O) groups excluding carboxylic acids is 1. The molecule has 12 heavy (non-hydrogen) atoms. The van der Waals surface area contributed by atoms with E-state index in [4.69, 9.17) is 0 Å². The Morgan fingerprint density at radius 1 is 1.58 bits per heavy atom. The first kappa shape index (κ1) is 7.40. The first-order valence-electron chi connectivity index (χ1n) is 4.11. The third-order valence-corrected chi connectivity index (χ3v) is 1.96. The second kappa shape index (κ2) is 2.66. The van der Waals surface area contributed by atoms with Gasteiger partial charge in [0.2, 0.25) is 5.78 Å². The zero-order valence-electron chi connectivity index (χ0n) is 6.95. The van der Waals surface area contributed by atoms with Crippen molar-refractivity contribution in [1.29, 1.82) is 0 Å². The average Bonchev–Trinajstić information content (AvgIpc) is 2.85. The van der Waals surface area contributed by atoms with Crippen LogP contribution in [-0.4, -0.2) is 15.8 Å². The molecule has 0 N–H and O–H groups in total. The van der Waals surface area contributed by atoms with Gasteiger partial charge in [-0.25, -0.2) is 9.97 Å². The van der Waals surface area contributed by atoms with Crippen LogP contribution in [0.1, 0.15) is 29.2 Å². The summed E-state index contributed by atoms with van der Waals surface area (Å²) >= 11 is 0. The van der Waals surface area contributed by atoms with E-state index in [2.05, 4.69) is 9.97 Å². The Hall–Kier alpha value is -1.25. The Labute approximate surface area is 70.9 Å². The third-order valence-electron chi connectivity index (χ3n) is 1.96. The van der Waals surface area contributed by atoms with Crippen LogP contribution in [0.25, 0.3) is 0 Å². The molecule has 1 saturated carbocycles. The minimum absolute atomic E-state index is 0.110. The van der Waals surface area contributed by atoms with Crippen LogP contribution < -0.4 is 0 Å². The fourth-order valence-corrected chi connectivity index (χ4v) is 1.10. The van der Waals surface area contributed by atoms with E-state index in [1.54, 1.807) is 12.3 Å². The highest BCUT2D eigenvalue weighted by atomic mass is 16.1. The number of carbonyl (C=O) groups is 1. The van der Waals surface area contributed by atoms with Gasteiger partial charge in [0.15, 0.2) is 5.82 Å². The molecule has 2 rings (SSSR count). The monoisotopic (exact) mass is 162 g/mol. The molecule has 1 heterocycles. The number of rotatable bonds is 2. The van der Waals surface area contributed by atoms with Crippen LogP contribution in [-0.2, 0) is 0 Å². The lowest BCUT2D eigenvalue weighted by atomic mass is 10.2. The predicted octanol–water partition coefficient (Wildman–Crippen LogP) is 1.38. The number of ketones is 1. The van der Waals surface area contributed by atoms with Crippen molar-refractivity contribution < 1.29 is 4.79 Å². The lowest BCUT2D eigenvalue weighted by Gasteiger charge is -1.96. The quantitative estimate of drug-likeness (QED) is 0.617. The molecule has 3 heteroatoms. The molecule has 0 saturated heterocycles. The van der Waals surface area contributed by atoms with Gasteiger partial charge in [-0.3, -0.25) is 4.79 Å². The van der Waals surface area contributed by atoms with E-state index in [0.717, 1.165) is 18.5 Å². The highest BCUT2D eigenvalue weighted by Crippen LogP contribution is 2.31. The van der Waals surface area contributed by atoms with Crippen LogP contribution in [0.3, 0.4) is 0 Å². The van der Waals surface area contributed by atoms with Crippen molar-refractivity contribution >= 4 is 5.78 Å². The van der Waals surface area contributed by atoms with Crippen LogP contribution in [0.15, 0.2) is 12.3 Å². The number of aryl methyl sites for hydroxylation is 1. The molecule has 3 nitrogen and oxygen atoms in total. The normalized spacial score (nSPS) is 16.1. The van der Waals surface area contributed by atoms with E-state index >= 15 is 0 Å². The fourth-order valence-electron chi connectivity index (χ4n) is 1.10. The molecule has 0 atom stereocenters. The van der Waals surface area contributed by atoms with E-state index in [9.17, 15) is 4.79 Å². The van der Waals surface area contributed by atoms with E-state index in [1.165, 1.54) is 0 Å². The fraction of sp³-hybridized carbons (Fsp3) is 0.444. The zero-order valence-corrected chi connectivity index (χ0v) is 6.95. The number of nitrogens with zero attached hydrogens (tertiary/aromatic N) is 2. The molecule has 1 aliphatic carbocycles. The first-order valence-corrected chi connectivity index (χ1v) is 4.11. The Balaban J connectivity index is 2.26. The summed E-state index contributed by atoms with van der Waals surface area (Å²) in [6.45, 7) is 1.87. The summed E-state index contributed by atoms with van der Waals surface area (Å²) in [6.07, 6.45) is 3.66. The maximum absolute atomic E-state index is 11.4. The molecular formula is C9H10N2O. The number of hydrogen-bond acceptors (Lipinski definition) is 3. The Kier molecular flexibility index (Phi) is 1.64. The van der Waals surface area contributed by atoms with Gasteiger partial charge in [0.25, 0.3) is 0 Å². The predicted molar refractivity (Wildman–Crippen MR) is 43.8 cm³/mol. The summed E-state index contributed by atoms with van der Waals surface area (Å²) in [6, 6.07) is 1.80. The molecule has 62 valence electrons. The van der Waals surface area contributed by atoms with Crippen LogP contribution >= 0.6 is 0 Å². The van der Waals surface area contributed by atoms with Crippen LogP contribution in [0.2, 0.25) is 0 Å². The number of aromatic nitrogens is 2. The van der Waals surface area contributed by atoms with Crippen molar-refractivity contribution in [2.24, 2.45) is 5.92 Å². The molecule has 0 radical (unpaired) electrons.